The Bertz CT molecular complexity index is 189. The second kappa shape index (κ2) is 10.5. The van der Waals surface area contributed by atoms with Gasteiger partial charge in [-0.15, -0.1) is 0 Å². The summed E-state index contributed by atoms with van der Waals surface area (Å²) in [7, 11) is 0. The van der Waals surface area contributed by atoms with Gasteiger partial charge >= 0.3 is 0 Å². The van der Waals surface area contributed by atoms with E-state index in [2.05, 4.69) is 13.8 Å². The summed E-state index contributed by atoms with van der Waals surface area (Å²) < 4.78 is 5.44. The summed E-state index contributed by atoms with van der Waals surface area (Å²) in [5.74, 6) is 0.944. The average molecular weight is 228 g/mol. The highest BCUT2D eigenvalue weighted by molar-refractivity contribution is 5.32. The zero-order chi connectivity index (χ0) is 12.2. The lowest BCUT2D eigenvalue weighted by molar-refractivity contribution is -0.122. The van der Waals surface area contributed by atoms with E-state index in [0.29, 0.717) is 0 Å². The van der Waals surface area contributed by atoms with Crippen LogP contribution in [0.5, 0.6) is 0 Å². The first-order chi connectivity index (χ1) is 7.70. The highest BCUT2D eigenvalue weighted by Gasteiger charge is 2.12. The van der Waals surface area contributed by atoms with Crippen LogP contribution in [0.4, 0.5) is 0 Å². The molecule has 0 saturated heterocycles. The zero-order valence-electron chi connectivity index (χ0n) is 10.4. The molecule has 1 rings (SSSR count). The van der Waals surface area contributed by atoms with Crippen molar-refractivity contribution in [1.29, 1.82) is 0 Å². The number of allylic oxidation sites excluding steroid dienone is 1. The number of hydrogen-bond acceptors (Lipinski definition) is 2. The molecule has 1 aliphatic carbocycles. The third-order valence-corrected chi connectivity index (χ3v) is 2.69. The summed E-state index contributed by atoms with van der Waals surface area (Å²) in [4.78, 5) is 8.36. The molecular weight excluding hydrogens is 204 g/mol. The Kier molecular flexibility index (Phi) is 9.87. The van der Waals surface area contributed by atoms with E-state index < -0.39 is 0 Å². The van der Waals surface area contributed by atoms with E-state index in [1.807, 2.05) is 6.26 Å². The largest absolute Gasteiger partial charge is 0.501 e. The molecule has 0 aromatic carbocycles. The first-order valence-electron chi connectivity index (χ1n) is 6.03. The molecule has 0 aromatic rings. The molecule has 1 fully saturated rings. The molecule has 0 heterocycles. The topological polar surface area (TPSA) is 46.5 Å². The quantitative estimate of drug-likeness (QED) is 0.454. The molecule has 0 aromatic heterocycles. The second-order valence-corrected chi connectivity index (χ2v) is 4.46. The van der Waals surface area contributed by atoms with Gasteiger partial charge in [-0.1, -0.05) is 32.1 Å². The van der Waals surface area contributed by atoms with Crippen molar-refractivity contribution in [3.05, 3.63) is 11.8 Å². The molecule has 0 bridgehead atoms. The van der Waals surface area contributed by atoms with Crippen LogP contribution in [0, 0.1) is 5.92 Å². The minimum atomic E-state index is -0.250. The molecule has 0 spiro atoms. The van der Waals surface area contributed by atoms with Crippen molar-refractivity contribution < 1.29 is 14.6 Å². The van der Waals surface area contributed by atoms with Crippen molar-refractivity contribution >= 4 is 6.47 Å². The molecule has 3 heteroatoms. The van der Waals surface area contributed by atoms with Gasteiger partial charge in [0.1, 0.15) is 0 Å². The highest BCUT2D eigenvalue weighted by Crippen LogP contribution is 2.26. The van der Waals surface area contributed by atoms with Crippen molar-refractivity contribution in [2.75, 3.05) is 6.61 Å². The molecule has 94 valence electrons. The lowest BCUT2D eigenvalue weighted by atomic mass is 9.87. The van der Waals surface area contributed by atoms with Gasteiger partial charge < -0.3 is 9.84 Å². The standard InChI is InChI=1S/C12H22O.CH2O2/c1-11(2)10-13-9-8-12-6-4-3-5-7-12;2-1-3/h10,12H,3-9H2,1-2H3;1H,(H,2,3). The number of carbonyl (C=O) groups is 1. The molecular formula is C13H24O3. The maximum Gasteiger partial charge on any atom is 0.290 e. The van der Waals surface area contributed by atoms with E-state index in [-0.39, 0.29) is 6.47 Å². The number of hydrogen-bond donors (Lipinski definition) is 1. The number of carboxylic acid groups (broad SMARTS) is 1. The van der Waals surface area contributed by atoms with Crippen LogP contribution in [0.2, 0.25) is 0 Å². The Morgan fingerprint density at radius 1 is 1.31 bits per heavy atom. The van der Waals surface area contributed by atoms with Crippen LogP contribution in [-0.2, 0) is 9.53 Å². The van der Waals surface area contributed by atoms with Gasteiger partial charge in [0.2, 0.25) is 0 Å². The summed E-state index contributed by atoms with van der Waals surface area (Å²) in [6.07, 6.45) is 10.3. The third kappa shape index (κ3) is 9.56. The zero-order valence-corrected chi connectivity index (χ0v) is 10.4. The molecule has 16 heavy (non-hydrogen) atoms. The average Bonchev–Trinajstić information content (AvgIpc) is 2.27. The fraction of sp³-hybridized carbons (Fsp3) is 0.769. The molecule has 0 unspecified atom stereocenters. The minimum absolute atomic E-state index is 0.250. The molecule has 0 radical (unpaired) electrons. The molecule has 0 atom stereocenters. The van der Waals surface area contributed by atoms with Crippen LogP contribution in [0.1, 0.15) is 52.4 Å². The molecule has 0 amide bonds. The molecule has 3 nitrogen and oxygen atoms in total. The first kappa shape index (κ1) is 15.0. The number of ether oxygens (including phenoxy) is 1. The van der Waals surface area contributed by atoms with Crippen molar-refractivity contribution in [2.24, 2.45) is 5.92 Å². The van der Waals surface area contributed by atoms with E-state index in [4.69, 9.17) is 14.6 Å². The lowest BCUT2D eigenvalue weighted by Crippen LogP contribution is -2.08. The second-order valence-electron chi connectivity index (χ2n) is 4.46. The summed E-state index contributed by atoms with van der Waals surface area (Å²) in [5, 5.41) is 6.89. The Labute approximate surface area is 98.5 Å². The van der Waals surface area contributed by atoms with Crippen LogP contribution < -0.4 is 0 Å². The summed E-state index contributed by atoms with van der Waals surface area (Å²) in [6.45, 7) is 4.80. The van der Waals surface area contributed by atoms with Gasteiger partial charge in [0, 0.05) is 0 Å². The van der Waals surface area contributed by atoms with E-state index >= 15 is 0 Å². The van der Waals surface area contributed by atoms with E-state index in [9.17, 15) is 0 Å². The lowest BCUT2D eigenvalue weighted by Gasteiger charge is -2.20. The van der Waals surface area contributed by atoms with Crippen molar-refractivity contribution in [3.8, 4) is 0 Å². The highest BCUT2D eigenvalue weighted by atomic mass is 16.5. The molecule has 1 N–H and O–H groups in total. The van der Waals surface area contributed by atoms with Crippen LogP contribution in [-0.4, -0.2) is 18.2 Å². The molecule has 1 aliphatic rings. The van der Waals surface area contributed by atoms with Crippen LogP contribution in [0.15, 0.2) is 11.8 Å². The Morgan fingerprint density at radius 3 is 2.38 bits per heavy atom. The number of rotatable bonds is 4. The Hall–Kier alpha value is -0.990. The maximum absolute atomic E-state index is 8.36. The van der Waals surface area contributed by atoms with Gasteiger partial charge in [-0.05, 0) is 31.8 Å². The van der Waals surface area contributed by atoms with E-state index in [0.717, 1.165) is 12.5 Å². The Balaban J connectivity index is 0.000000673. The van der Waals surface area contributed by atoms with Crippen molar-refractivity contribution in [1.82, 2.24) is 0 Å². The predicted molar refractivity (Wildman–Crippen MR) is 65.3 cm³/mol. The maximum atomic E-state index is 8.36. The minimum Gasteiger partial charge on any atom is -0.501 e. The van der Waals surface area contributed by atoms with Crippen LogP contribution in [0.3, 0.4) is 0 Å². The molecule has 0 aliphatic heterocycles. The van der Waals surface area contributed by atoms with Gasteiger partial charge in [-0.25, -0.2) is 0 Å². The molecule has 1 saturated carbocycles. The summed E-state index contributed by atoms with van der Waals surface area (Å²) in [5.41, 5.74) is 1.25. The van der Waals surface area contributed by atoms with Crippen LogP contribution >= 0.6 is 0 Å². The summed E-state index contributed by atoms with van der Waals surface area (Å²) >= 11 is 0. The first-order valence-corrected chi connectivity index (χ1v) is 6.03. The van der Waals surface area contributed by atoms with Gasteiger partial charge in [0.05, 0.1) is 12.9 Å². The van der Waals surface area contributed by atoms with E-state index in [1.165, 1.54) is 44.1 Å². The predicted octanol–water partition coefficient (Wildman–Crippen LogP) is 3.60. The van der Waals surface area contributed by atoms with Gasteiger partial charge in [0.15, 0.2) is 0 Å². The normalized spacial score (nSPS) is 15.6. The fourth-order valence-corrected chi connectivity index (χ4v) is 1.94. The van der Waals surface area contributed by atoms with Gasteiger partial charge in [-0.2, -0.15) is 0 Å². The van der Waals surface area contributed by atoms with Gasteiger partial charge in [-0.3, -0.25) is 4.79 Å². The Morgan fingerprint density at radius 2 is 1.88 bits per heavy atom. The van der Waals surface area contributed by atoms with Crippen molar-refractivity contribution in [2.45, 2.75) is 52.4 Å². The SMILES string of the molecule is CC(C)=COCCC1CCCCC1.O=CO. The van der Waals surface area contributed by atoms with Gasteiger partial charge in [0.25, 0.3) is 6.47 Å². The monoisotopic (exact) mass is 228 g/mol. The van der Waals surface area contributed by atoms with Crippen LogP contribution in [0.25, 0.3) is 0 Å². The third-order valence-electron chi connectivity index (χ3n) is 2.69. The fourth-order valence-electron chi connectivity index (χ4n) is 1.94. The summed E-state index contributed by atoms with van der Waals surface area (Å²) in [6, 6.07) is 0. The van der Waals surface area contributed by atoms with Crippen molar-refractivity contribution in [3.63, 3.8) is 0 Å². The smallest absolute Gasteiger partial charge is 0.290 e. The van der Waals surface area contributed by atoms with E-state index in [1.54, 1.807) is 0 Å².